The molecule has 1 heterocycles. The van der Waals surface area contributed by atoms with Crippen LogP contribution in [-0.4, -0.2) is 27.9 Å². The molecule has 32 heavy (non-hydrogen) atoms. The number of anilines is 2. The second-order valence-electron chi connectivity index (χ2n) is 8.06. The van der Waals surface area contributed by atoms with Gasteiger partial charge in [-0.05, 0) is 68.1 Å². The van der Waals surface area contributed by atoms with Gasteiger partial charge in [0.25, 0.3) is 11.8 Å². The number of pyridine rings is 1. The molecule has 5 N–H and O–H groups in total. The molecule has 0 saturated heterocycles. The normalized spacial score (nSPS) is 11.8. The summed E-state index contributed by atoms with van der Waals surface area (Å²) in [5.41, 5.74) is 10.7. The number of hydrogen-bond donors (Lipinski definition) is 4. The Balaban J connectivity index is 1.82. The van der Waals surface area contributed by atoms with Gasteiger partial charge < -0.3 is 21.5 Å². The number of nitrogen functional groups attached to an aromatic ring is 1. The molecular formula is C25H28N4O3. The summed E-state index contributed by atoms with van der Waals surface area (Å²) in [5.74, 6) is -0.620. The first kappa shape index (κ1) is 23.0. The summed E-state index contributed by atoms with van der Waals surface area (Å²) < 4.78 is 0. The van der Waals surface area contributed by atoms with Gasteiger partial charge in [-0.3, -0.25) is 9.59 Å². The fourth-order valence-corrected chi connectivity index (χ4v) is 3.46. The number of aliphatic hydroxyl groups excluding tert-OH is 1. The number of hydrogen-bond acceptors (Lipinski definition) is 5. The molecule has 0 unspecified atom stereocenters. The molecule has 2 amide bonds. The lowest BCUT2D eigenvalue weighted by atomic mass is 9.99. The number of nitrogens with zero attached hydrogens (tertiary/aromatic N) is 1. The van der Waals surface area contributed by atoms with Crippen LogP contribution in [0.4, 0.5) is 11.5 Å². The fraction of sp³-hybridized carbons (Fsp3) is 0.240. The van der Waals surface area contributed by atoms with Crippen LogP contribution < -0.4 is 16.4 Å². The van der Waals surface area contributed by atoms with Gasteiger partial charge in [-0.2, -0.15) is 0 Å². The molecule has 1 atom stereocenters. The summed E-state index contributed by atoms with van der Waals surface area (Å²) in [7, 11) is 0. The van der Waals surface area contributed by atoms with E-state index in [0.29, 0.717) is 16.8 Å². The Bertz CT molecular complexity index is 1160. The molecule has 0 aliphatic carbocycles. The molecule has 3 rings (SSSR count). The third kappa shape index (κ3) is 5.12. The zero-order valence-corrected chi connectivity index (χ0v) is 18.6. The smallest absolute Gasteiger partial charge is 0.257 e. The van der Waals surface area contributed by atoms with Crippen molar-refractivity contribution in [2.75, 3.05) is 11.1 Å². The van der Waals surface area contributed by atoms with Crippen LogP contribution in [0.1, 0.15) is 47.0 Å². The first-order valence-corrected chi connectivity index (χ1v) is 10.4. The number of nitrogens with one attached hydrogen (secondary N) is 2. The Kier molecular flexibility index (Phi) is 6.90. The zero-order valence-electron chi connectivity index (χ0n) is 18.6. The summed E-state index contributed by atoms with van der Waals surface area (Å²) in [6.07, 6.45) is 0.351. The largest absolute Gasteiger partial charge is 0.383 e. The number of aromatic nitrogens is 1. The van der Waals surface area contributed by atoms with Crippen molar-refractivity contribution in [1.29, 1.82) is 0 Å². The summed E-state index contributed by atoms with van der Waals surface area (Å²) in [5, 5.41) is 16.0. The minimum Gasteiger partial charge on any atom is -0.383 e. The summed E-state index contributed by atoms with van der Waals surface area (Å²) in [4.78, 5) is 29.1. The van der Waals surface area contributed by atoms with Gasteiger partial charge in [0.2, 0.25) is 0 Å². The van der Waals surface area contributed by atoms with Crippen molar-refractivity contribution in [1.82, 2.24) is 10.3 Å². The van der Waals surface area contributed by atoms with E-state index < -0.39 is 12.0 Å². The number of amides is 2. The van der Waals surface area contributed by atoms with Gasteiger partial charge in [0, 0.05) is 23.5 Å². The third-order valence-electron chi connectivity index (χ3n) is 5.12. The van der Waals surface area contributed by atoms with E-state index in [1.54, 1.807) is 30.5 Å². The van der Waals surface area contributed by atoms with E-state index >= 15 is 0 Å². The van der Waals surface area contributed by atoms with Gasteiger partial charge in [-0.25, -0.2) is 4.98 Å². The molecular weight excluding hydrogens is 404 g/mol. The second kappa shape index (κ2) is 9.62. The van der Waals surface area contributed by atoms with Gasteiger partial charge in [-0.15, -0.1) is 0 Å². The standard InChI is InChI=1S/C25H28N4O3/c1-14(2)28-24(31)21-12-17(13-27-23(21)26)19-10-9-18(11-16(19)4)29-25(32)22(30)20-8-6-5-7-15(20)3/h5-14,22,30H,1-4H3,(H2,26,27)(H,28,31)(H,29,32)/t22-/m0/s1. The SMILES string of the molecule is Cc1cc(NC(=O)[C@@H](O)c2ccccc2C)ccc1-c1cnc(N)c(C(=O)NC(C)C)c1. The van der Waals surface area contributed by atoms with Crippen LogP contribution in [0.5, 0.6) is 0 Å². The van der Waals surface area contributed by atoms with Crippen LogP contribution in [0.3, 0.4) is 0 Å². The summed E-state index contributed by atoms with van der Waals surface area (Å²) in [6, 6.07) is 14.3. The maximum Gasteiger partial charge on any atom is 0.257 e. The highest BCUT2D eigenvalue weighted by Gasteiger charge is 2.19. The predicted octanol–water partition coefficient (Wildman–Crippen LogP) is 3.76. The maximum absolute atomic E-state index is 12.5. The molecule has 0 fully saturated rings. The number of nitrogens with two attached hydrogens (primary N) is 1. The monoisotopic (exact) mass is 432 g/mol. The maximum atomic E-state index is 12.5. The molecule has 0 aliphatic heterocycles. The molecule has 7 nitrogen and oxygen atoms in total. The van der Waals surface area contributed by atoms with Crippen molar-refractivity contribution >= 4 is 23.3 Å². The van der Waals surface area contributed by atoms with E-state index in [9.17, 15) is 14.7 Å². The third-order valence-corrected chi connectivity index (χ3v) is 5.12. The van der Waals surface area contributed by atoms with Crippen LogP contribution in [0.15, 0.2) is 54.7 Å². The zero-order chi connectivity index (χ0) is 23.4. The number of carbonyl (C=O) groups is 2. The highest BCUT2D eigenvalue weighted by molar-refractivity contribution is 6.00. The van der Waals surface area contributed by atoms with E-state index in [0.717, 1.165) is 22.3 Å². The lowest BCUT2D eigenvalue weighted by molar-refractivity contribution is -0.124. The van der Waals surface area contributed by atoms with Gasteiger partial charge in [0.1, 0.15) is 5.82 Å². The van der Waals surface area contributed by atoms with Crippen LogP contribution in [-0.2, 0) is 4.79 Å². The lowest BCUT2D eigenvalue weighted by Gasteiger charge is -2.15. The molecule has 0 saturated carbocycles. The topological polar surface area (TPSA) is 117 Å². The van der Waals surface area contributed by atoms with Crippen LogP contribution >= 0.6 is 0 Å². The Hall–Kier alpha value is -3.71. The number of benzene rings is 2. The van der Waals surface area contributed by atoms with Gasteiger partial charge in [0.05, 0.1) is 5.56 Å². The van der Waals surface area contributed by atoms with Gasteiger partial charge in [0.15, 0.2) is 6.10 Å². The number of rotatable bonds is 6. The quantitative estimate of drug-likeness (QED) is 0.473. The second-order valence-corrected chi connectivity index (χ2v) is 8.06. The molecule has 0 bridgehead atoms. The molecule has 3 aromatic rings. The molecule has 7 heteroatoms. The Labute approximate surface area is 187 Å². The summed E-state index contributed by atoms with van der Waals surface area (Å²) in [6.45, 7) is 7.49. The molecule has 0 aliphatic rings. The van der Waals surface area contributed by atoms with Crippen molar-refractivity contribution in [3.63, 3.8) is 0 Å². The molecule has 1 aromatic heterocycles. The number of aliphatic hydroxyl groups is 1. The Morgan fingerprint density at radius 1 is 1.03 bits per heavy atom. The first-order chi connectivity index (χ1) is 15.2. The van der Waals surface area contributed by atoms with Gasteiger partial charge in [-0.1, -0.05) is 30.3 Å². The predicted molar refractivity (Wildman–Crippen MR) is 126 cm³/mol. The lowest BCUT2D eigenvalue weighted by Crippen LogP contribution is -2.30. The van der Waals surface area contributed by atoms with E-state index in [4.69, 9.17) is 5.73 Å². The minimum atomic E-state index is -1.26. The number of aryl methyl sites for hydroxylation is 2. The highest BCUT2D eigenvalue weighted by Crippen LogP contribution is 2.28. The van der Waals surface area contributed by atoms with Crippen LogP contribution in [0.2, 0.25) is 0 Å². The fourth-order valence-electron chi connectivity index (χ4n) is 3.46. The highest BCUT2D eigenvalue weighted by atomic mass is 16.3. The van der Waals surface area contributed by atoms with E-state index in [1.165, 1.54) is 0 Å². The van der Waals surface area contributed by atoms with Gasteiger partial charge >= 0.3 is 0 Å². The average molecular weight is 433 g/mol. The molecule has 166 valence electrons. The first-order valence-electron chi connectivity index (χ1n) is 10.4. The average Bonchev–Trinajstić information content (AvgIpc) is 2.73. The van der Waals surface area contributed by atoms with Crippen molar-refractivity contribution in [3.05, 3.63) is 77.0 Å². The van der Waals surface area contributed by atoms with Crippen molar-refractivity contribution in [2.45, 2.75) is 39.8 Å². The van der Waals surface area contributed by atoms with E-state index in [-0.39, 0.29) is 17.8 Å². The Morgan fingerprint density at radius 3 is 2.41 bits per heavy atom. The van der Waals surface area contributed by atoms with E-state index in [1.807, 2.05) is 52.0 Å². The number of carbonyl (C=O) groups excluding carboxylic acids is 2. The molecule has 2 aromatic carbocycles. The molecule has 0 radical (unpaired) electrons. The van der Waals surface area contributed by atoms with Crippen molar-refractivity contribution in [2.24, 2.45) is 0 Å². The summed E-state index contributed by atoms with van der Waals surface area (Å²) >= 11 is 0. The van der Waals surface area contributed by atoms with Crippen molar-refractivity contribution < 1.29 is 14.7 Å². The van der Waals surface area contributed by atoms with Crippen LogP contribution in [0, 0.1) is 13.8 Å². The van der Waals surface area contributed by atoms with Crippen LogP contribution in [0.25, 0.3) is 11.1 Å². The Morgan fingerprint density at radius 2 is 1.75 bits per heavy atom. The van der Waals surface area contributed by atoms with E-state index in [2.05, 4.69) is 15.6 Å². The minimum absolute atomic E-state index is 0.0230. The van der Waals surface area contributed by atoms with Crippen molar-refractivity contribution in [3.8, 4) is 11.1 Å². The molecule has 0 spiro atoms.